The van der Waals surface area contributed by atoms with Gasteiger partial charge in [-0.05, 0) is 22.4 Å². The number of H-pyrrole nitrogens is 2. The van der Waals surface area contributed by atoms with Gasteiger partial charge in [-0.25, -0.2) is 4.98 Å². The van der Waals surface area contributed by atoms with Crippen molar-refractivity contribution >= 4 is 27.8 Å². The first-order chi connectivity index (χ1) is 8.66. The summed E-state index contributed by atoms with van der Waals surface area (Å²) in [6, 6.07) is 0. The number of nitrogens with two attached hydrogens (primary N) is 1. The van der Waals surface area contributed by atoms with Gasteiger partial charge < -0.3 is 21.0 Å². The van der Waals surface area contributed by atoms with Gasteiger partial charge in [0.1, 0.15) is 5.69 Å². The van der Waals surface area contributed by atoms with E-state index in [0.717, 1.165) is 22.2 Å². The summed E-state index contributed by atoms with van der Waals surface area (Å²) in [6.07, 6.45) is 4.30. The summed E-state index contributed by atoms with van der Waals surface area (Å²) in [6.45, 7) is 0.622. The molecule has 0 radical (unpaired) electrons. The number of amides is 1. The molecular weight excluding hydrogens is 298 g/mol. The number of aromatic nitrogens is 3. The topological polar surface area (TPSA) is 99.6 Å². The molecule has 1 amide bonds. The predicted molar refractivity (Wildman–Crippen MR) is 70.3 cm³/mol. The second kappa shape index (κ2) is 4.16. The van der Waals surface area contributed by atoms with Gasteiger partial charge in [0, 0.05) is 34.4 Å². The molecular formula is C11H12BrN5O. The zero-order valence-corrected chi connectivity index (χ0v) is 11.0. The molecule has 0 saturated heterocycles. The molecule has 0 saturated carbocycles. The summed E-state index contributed by atoms with van der Waals surface area (Å²) in [5, 5.41) is 2.86. The molecule has 3 rings (SSSR count). The fraction of sp³-hybridized carbons (Fsp3) is 0.273. The summed E-state index contributed by atoms with van der Waals surface area (Å²) in [4.78, 5) is 21.9. The normalized spacial score (nSPS) is 19.2. The molecule has 2 aromatic rings. The summed E-state index contributed by atoms with van der Waals surface area (Å²) < 4.78 is 0.896. The third kappa shape index (κ3) is 1.71. The fourth-order valence-electron chi connectivity index (χ4n) is 2.34. The molecule has 1 atom stereocenters. The van der Waals surface area contributed by atoms with Gasteiger partial charge in [-0.1, -0.05) is 0 Å². The van der Waals surface area contributed by atoms with Crippen molar-refractivity contribution in [2.75, 3.05) is 12.3 Å². The number of rotatable bonds is 1. The van der Waals surface area contributed by atoms with Crippen molar-refractivity contribution in [3.63, 3.8) is 0 Å². The maximum atomic E-state index is 11.9. The van der Waals surface area contributed by atoms with E-state index in [1.165, 1.54) is 0 Å². The SMILES string of the molecule is Nc1ncc(C2CCNC(=O)c3[nH]cc(Br)c32)[nH]1. The zero-order chi connectivity index (χ0) is 12.7. The van der Waals surface area contributed by atoms with E-state index in [2.05, 4.69) is 36.2 Å². The highest BCUT2D eigenvalue weighted by atomic mass is 79.9. The first kappa shape index (κ1) is 11.3. The molecule has 0 aromatic carbocycles. The van der Waals surface area contributed by atoms with Crippen LogP contribution < -0.4 is 11.1 Å². The molecule has 2 aromatic heterocycles. The number of hydrogen-bond acceptors (Lipinski definition) is 3. The molecule has 0 aliphatic carbocycles. The first-order valence-corrected chi connectivity index (χ1v) is 6.41. The van der Waals surface area contributed by atoms with E-state index >= 15 is 0 Å². The third-order valence-corrected chi connectivity index (χ3v) is 3.81. The fourth-order valence-corrected chi connectivity index (χ4v) is 2.93. The van der Waals surface area contributed by atoms with E-state index in [1.54, 1.807) is 12.4 Å². The second-order valence-electron chi connectivity index (χ2n) is 4.25. The van der Waals surface area contributed by atoms with Crippen LogP contribution >= 0.6 is 15.9 Å². The Kier molecular flexibility index (Phi) is 2.62. The number of fused-ring (bicyclic) bond motifs is 1. The average molecular weight is 310 g/mol. The van der Waals surface area contributed by atoms with Crippen LogP contribution in [-0.4, -0.2) is 27.4 Å². The Hall–Kier alpha value is -1.76. The lowest BCUT2D eigenvalue weighted by Gasteiger charge is -2.12. The van der Waals surface area contributed by atoms with Gasteiger partial charge in [-0.15, -0.1) is 0 Å². The monoisotopic (exact) mass is 309 g/mol. The van der Waals surface area contributed by atoms with E-state index in [9.17, 15) is 4.79 Å². The number of anilines is 1. The lowest BCUT2D eigenvalue weighted by atomic mass is 9.94. The predicted octanol–water partition coefficient (Wildman–Crippen LogP) is 1.35. The molecule has 1 aliphatic heterocycles. The minimum atomic E-state index is -0.0781. The highest BCUT2D eigenvalue weighted by Crippen LogP contribution is 2.36. The maximum Gasteiger partial charge on any atom is 0.268 e. The van der Waals surface area contributed by atoms with E-state index in [4.69, 9.17) is 5.73 Å². The molecule has 3 heterocycles. The Morgan fingerprint density at radius 3 is 3.06 bits per heavy atom. The second-order valence-corrected chi connectivity index (χ2v) is 5.10. The number of aromatic amines is 2. The minimum Gasteiger partial charge on any atom is -0.369 e. The van der Waals surface area contributed by atoms with Gasteiger partial charge in [0.25, 0.3) is 5.91 Å². The standard InChI is InChI=1S/C11H12BrN5O/c12-6-3-15-9-8(6)5(1-2-14-10(9)18)7-4-16-11(13)17-7/h3-5,15H,1-2H2,(H,14,18)(H3,13,16,17). The van der Waals surface area contributed by atoms with Crippen LogP contribution in [0.2, 0.25) is 0 Å². The summed E-state index contributed by atoms with van der Waals surface area (Å²) in [5.41, 5.74) is 8.09. The van der Waals surface area contributed by atoms with Crippen LogP contribution in [0.3, 0.4) is 0 Å². The van der Waals surface area contributed by atoms with Crippen LogP contribution in [0.1, 0.15) is 34.1 Å². The van der Waals surface area contributed by atoms with Crippen molar-refractivity contribution in [1.29, 1.82) is 0 Å². The van der Waals surface area contributed by atoms with E-state index in [1.807, 2.05) is 0 Å². The molecule has 0 bridgehead atoms. The third-order valence-electron chi connectivity index (χ3n) is 3.15. The molecule has 0 spiro atoms. The number of hydrogen-bond donors (Lipinski definition) is 4. The van der Waals surface area contributed by atoms with Crippen LogP contribution in [0, 0.1) is 0 Å². The summed E-state index contributed by atoms with van der Waals surface area (Å²) >= 11 is 3.48. The molecule has 1 unspecified atom stereocenters. The van der Waals surface area contributed by atoms with E-state index < -0.39 is 0 Å². The molecule has 0 fully saturated rings. The van der Waals surface area contributed by atoms with Gasteiger partial charge in [0.05, 0.1) is 6.20 Å². The Morgan fingerprint density at radius 1 is 1.50 bits per heavy atom. The van der Waals surface area contributed by atoms with Crippen molar-refractivity contribution in [3.8, 4) is 0 Å². The van der Waals surface area contributed by atoms with Crippen molar-refractivity contribution < 1.29 is 4.79 Å². The van der Waals surface area contributed by atoms with Gasteiger partial charge in [0.2, 0.25) is 0 Å². The number of imidazole rings is 1. The largest absolute Gasteiger partial charge is 0.369 e. The molecule has 18 heavy (non-hydrogen) atoms. The Morgan fingerprint density at radius 2 is 2.33 bits per heavy atom. The first-order valence-electron chi connectivity index (χ1n) is 5.62. The Labute approximate surface area is 111 Å². The van der Waals surface area contributed by atoms with Crippen LogP contribution in [0.25, 0.3) is 0 Å². The summed E-state index contributed by atoms with van der Waals surface area (Å²) in [5.74, 6) is 0.386. The molecule has 5 N–H and O–H groups in total. The zero-order valence-electron chi connectivity index (χ0n) is 9.46. The Bertz CT molecular complexity index is 602. The highest BCUT2D eigenvalue weighted by Gasteiger charge is 2.29. The number of carbonyl (C=O) groups is 1. The van der Waals surface area contributed by atoms with Crippen molar-refractivity contribution in [1.82, 2.24) is 20.3 Å². The van der Waals surface area contributed by atoms with Crippen LogP contribution in [0.4, 0.5) is 5.95 Å². The number of halogens is 1. The van der Waals surface area contributed by atoms with Crippen LogP contribution in [0.5, 0.6) is 0 Å². The summed E-state index contributed by atoms with van der Waals surface area (Å²) in [7, 11) is 0. The molecule has 6 nitrogen and oxygen atoms in total. The van der Waals surface area contributed by atoms with Gasteiger partial charge in [0.15, 0.2) is 5.95 Å². The lowest BCUT2D eigenvalue weighted by Crippen LogP contribution is -2.23. The average Bonchev–Trinajstić information content (AvgIpc) is 2.87. The van der Waals surface area contributed by atoms with Crippen molar-refractivity contribution in [3.05, 3.63) is 33.8 Å². The van der Waals surface area contributed by atoms with Crippen molar-refractivity contribution in [2.45, 2.75) is 12.3 Å². The van der Waals surface area contributed by atoms with Gasteiger partial charge in [-0.2, -0.15) is 0 Å². The minimum absolute atomic E-state index is 0.0735. The van der Waals surface area contributed by atoms with Gasteiger partial charge >= 0.3 is 0 Å². The number of nitrogens with zero attached hydrogens (tertiary/aromatic N) is 1. The van der Waals surface area contributed by atoms with E-state index in [0.29, 0.717) is 18.2 Å². The smallest absolute Gasteiger partial charge is 0.268 e. The van der Waals surface area contributed by atoms with Crippen molar-refractivity contribution in [2.24, 2.45) is 0 Å². The lowest BCUT2D eigenvalue weighted by molar-refractivity contribution is 0.0951. The van der Waals surface area contributed by atoms with Crippen LogP contribution in [0.15, 0.2) is 16.9 Å². The molecule has 7 heteroatoms. The Balaban J connectivity index is 2.12. The number of carbonyl (C=O) groups excluding carboxylic acids is 1. The number of nitrogens with one attached hydrogen (secondary N) is 3. The quantitative estimate of drug-likeness (QED) is 0.639. The van der Waals surface area contributed by atoms with Crippen LogP contribution in [-0.2, 0) is 0 Å². The maximum absolute atomic E-state index is 11.9. The molecule has 94 valence electrons. The van der Waals surface area contributed by atoms with E-state index in [-0.39, 0.29) is 11.8 Å². The van der Waals surface area contributed by atoms with Gasteiger partial charge in [-0.3, -0.25) is 4.79 Å². The highest BCUT2D eigenvalue weighted by molar-refractivity contribution is 9.10. The number of nitrogen functional groups attached to an aromatic ring is 1. The molecule has 1 aliphatic rings.